The number of nitrogens with zero attached hydrogens (tertiary/aromatic N) is 4. The molecule has 0 atom stereocenters. The summed E-state index contributed by atoms with van der Waals surface area (Å²) in [5.41, 5.74) is 2.58. The minimum absolute atomic E-state index is 0.184. The van der Waals surface area contributed by atoms with Crippen molar-refractivity contribution < 1.29 is 4.79 Å². The zero-order valence-electron chi connectivity index (χ0n) is 16.7. The van der Waals surface area contributed by atoms with Crippen LogP contribution in [0.25, 0.3) is 22.6 Å². The van der Waals surface area contributed by atoms with E-state index in [0.29, 0.717) is 23.1 Å². The molecule has 2 heterocycles. The van der Waals surface area contributed by atoms with Gasteiger partial charge >= 0.3 is 0 Å². The zero-order chi connectivity index (χ0) is 21.2. The summed E-state index contributed by atoms with van der Waals surface area (Å²) in [5, 5.41) is 14.4. The lowest BCUT2D eigenvalue weighted by molar-refractivity contribution is -0.117. The molecule has 0 spiro atoms. The molecule has 8 heteroatoms. The summed E-state index contributed by atoms with van der Waals surface area (Å²) in [5.74, 6) is 1.66. The average Bonchev–Trinajstić information content (AvgIpc) is 3.52. The second-order valence-corrected chi connectivity index (χ2v) is 7.53. The van der Waals surface area contributed by atoms with Gasteiger partial charge in [0.2, 0.25) is 5.91 Å². The van der Waals surface area contributed by atoms with Crippen LogP contribution in [-0.4, -0.2) is 30.9 Å². The number of carbonyl (C=O) groups is 1. The van der Waals surface area contributed by atoms with Gasteiger partial charge in [-0.1, -0.05) is 42.5 Å². The van der Waals surface area contributed by atoms with Gasteiger partial charge in [-0.25, -0.2) is 9.67 Å². The maximum atomic E-state index is 12.6. The number of hydrogen-bond acceptors (Lipinski definition) is 5. The van der Waals surface area contributed by atoms with Crippen molar-refractivity contribution in [2.45, 2.75) is 25.3 Å². The minimum Gasteiger partial charge on any atom is -0.324 e. The Hall–Kier alpha value is -4.07. The molecular formula is C23H20N6O2. The molecule has 5 rings (SSSR count). The molecular weight excluding hydrogens is 392 g/mol. The fourth-order valence-corrected chi connectivity index (χ4v) is 3.34. The van der Waals surface area contributed by atoms with Crippen molar-refractivity contribution in [1.82, 2.24) is 25.0 Å². The molecule has 0 unspecified atom stereocenters. The maximum Gasteiger partial charge on any atom is 0.267 e. The fourth-order valence-electron chi connectivity index (χ4n) is 3.34. The van der Waals surface area contributed by atoms with Crippen LogP contribution in [0.5, 0.6) is 0 Å². The van der Waals surface area contributed by atoms with Gasteiger partial charge < -0.3 is 5.32 Å². The molecule has 2 aromatic carbocycles. The van der Waals surface area contributed by atoms with E-state index in [1.54, 1.807) is 12.1 Å². The van der Waals surface area contributed by atoms with Crippen molar-refractivity contribution in [2.75, 3.05) is 5.32 Å². The van der Waals surface area contributed by atoms with Gasteiger partial charge in [-0.2, -0.15) is 10.2 Å². The van der Waals surface area contributed by atoms with Crippen LogP contribution in [0.15, 0.2) is 71.5 Å². The summed E-state index contributed by atoms with van der Waals surface area (Å²) in [6.45, 7) is -0.184. The number of anilines is 1. The smallest absolute Gasteiger partial charge is 0.267 e. The summed E-state index contributed by atoms with van der Waals surface area (Å²) in [7, 11) is 0. The molecule has 4 aromatic rings. The monoisotopic (exact) mass is 412 g/mol. The number of rotatable bonds is 6. The topological polar surface area (TPSA) is 106 Å². The molecule has 31 heavy (non-hydrogen) atoms. The standard InChI is InChI=1S/C23H20N6O2/c30-20(14-29-21(31)12-11-19(28-29)15-5-2-1-3-6-15)24-18-8-4-7-17(13-18)23-25-22(26-27-23)16-9-10-16/h1-8,11-13,16H,9-10,14H2,(H,24,30)(H,25,26,27). The number of carbonyl (C=O) groups excluding carboxylic acids is 1. The number of aromatic amines is 1. The fraction of sp³-hybridized carbons (Fsp3) is 0.174. The van der Waals surface area contributed by atoms with Gasteiger partial charge in [-0.3, -0.25) is 14.7 Å². The first-order chi connectivity index (χ1) is 15.2. The highest BCUT2D eigenvalue weighted by Gasteiger charge is 2.27. The lowest BCUT2D eigenvalue weighted by Crippen LogP contribution is -2.29. The Kier molecular flexibility index (Phi) is 4.87. The summed E-state index contributed by atoms with van der Waals surface area (Å²) in [6, 6.07) is 19.9. The van der Waals surface area contributed by atoms with Crippen molar-refractivity contribution in [2.24, 2.45) is 0 Å². The number of H-pyrrole nitrogens is 1. The quantitative estimate of drug-likeness (QED) is 0.506. The van der Waals surface area contributed by atoms with Crippen LogP contribution in [0.4, 0.5) is 5.69 Å². The van der Waals surface area contributed by atoms with Gasteiger partial charge in [0.25, 0.3) is 5.56 Å². The van der Waals surface area contributed by atoms with Crippen molar-refractivity contribution in [3.8, 4) is 22.6 Å². The molecule has 1 saturated carbocycles. The summed E-state index contributed by atoms with van der Waals surface area (Å²) >= 11 is 0. The van der Waals surface area contributed by atoms with Crippen molar-refractivity contribution in [3.05, 3.63) is 82.9 Å². The normalized spacial score (nSPS) is 13.2. The van der Waals surface area contributed by atoms with Crippen LogP contribution >= 0.6 is 0 Å². The first-order valence-electron chi connectivity index (χ1n) is 10.1. The Morgan fingerprint density at radius 1 is 1.03 bits per heavy atom. The van der Waals surface area contributed by atoms with E-state index in [9.17, 15) is 9.59 Å². The van der Waals surface area contributed by atoms with Crippen LogP contribution in [0, 0.1) is 0 Å². The van der Waals surface area contributed by atoms with Gasteiger partial charge in [0.1, 0.15) is 12.4 Å². The SMILES string of the molecule is O=C(Cn1nc(-c2ccccc2)ccc1=O)Nc1cccc(-c2n[nH]c(C3CC3)n2)c1. The Bertz CT molecular complexity index is 1290. The van der Waals surface area contributed by atoms with Crippen LogP contribution < -0.4 is 10.9 Å². The van der Waals surface area contributed by atoms with Crippen molar-refractivity contribution in [1.29, 1.82) is 0 Å². The number of amides is 1. The molecule has 2 N–H and O–H groups in total. The van der Waals surface area contributed by atoms with Gasteiger partial charge in [0.05, 0.1) is 5.69 Å². The van der Waals surface area contributed by atoms with Crippen LogP contribution in [0.1, 0.15) is 24.6 Å². The molecule has 1 amide bonds. The second kappa shape index (κ2) is 7.98. The first-order valence-corrected chi connectivity index (χ1v) is 10.1. The molecule has 1 fully saturated rings. The van der Waals surface area contributed by atoms with Gasteiger partial charge in [0.15, 0.2) is 5.82 Å². The van der Waals surface area contributed by atoms with Gasteiger partial charge in [0, 0.05) is 28.8 Å². The van der Waals surface area contributed by atoms with Gasteiger partial charge in [-0.15, -0.1) is 0 Å². The van der Waals surface area contributed by atoms with Gasteiger partial charge in [-0.05, 0) is 31.0 Å². The molecule has 2 aromatic heterocycles. The largest absolute Gasteiger partial charge is 0.324 e. The molecule has 0 aliphatic heterocycles. The number of nitrogens with one attached hydrogen (secondary N) is 2. The molecule has 0 bridgehead atoms. The second-order valence-electron chi connectivity index (χ2n) is 7.53. The minimum atomic E-state index is -0.342. The number of aromatic nitrogens is 5. The Labute approximate surface area is 178 Å². The molecule has 8 nitrogen and oxygen atoms in total. The molecule has 154 valence electrons. The highest BCUT2D eigenvalue weighted by atomic mass is 16.2. The molecule has 1 aliphatic rings. The van der Waals surface area contributed by atoms with E-state index in [0.717, 1.165) is 29.8 Å². The highest BCUT2D eigenvalue weighted by Crippen LogP contribution is 2.38. The van der Waals surface area contributed by atoms with E-state index in [1.165, 1.54) is 10.7 Å². The third-order valence-electron chi connectivity index (χ3n) is 5.10. The predicted octanol–water partition coefficient (Wildman–Crippen LogP) is 3.21. The van der Waals surface area contributed by atoms with Crippen molar-refractivity contribution >= 4 is 11.6 Å². The van der Waals surface area contributed by atoms with Crippen LogP contribution in [-0.2, 0) is 11.3 Å². The third-order valence-corrected chi connectivity index (χ3v) is 5.10. The van der Waals surface area contributed by atoms with E-state index >= 15 is 0 Å². The van der Waals surface area contributed by atoms with E-state index < -0.39 is 0 Å². The maximum absolute atomic E-state index is 12.6. The van der Waals surface area contributed by atoms with E-state index in [4.69, 9.17) is 0 Å². The Morgan fingerprint density at radius 2 is 1.84 bits per heavy atom. The number of hydrogen-bond donors (Lipinski definition) is 2. The third kappa shape index (κ3) is 4.28. The molecule has 1 aliphatic carbocycles. The van der Waals surface area contributed by atoms with Crippen LogP contribution in [0.3, 0.4) is 0 Å². The van der Waals surface area contributed by atoms with E-state index in [2.05, 4.69) is 25.6 Å². The Balaban J connectivity index is 1.31. The average molecular weight is 412 g/mol. The first kappa shape index (κ1) is 18.9. The molecule has 0 radical (unpaired) electrons. The predicted molar refractivity (Wildman–Crippen MR) is 116 cm³/mol. The van der Waals surface area contributed by atoms with Crippen LogP contribution in [0.2, 0.25) is 0 Å². The van der Waals surface area contributed by atoms with Crippen molar-refractivity contribution in [3.63, 3.8) is 0 Å². The summed E-state index contributed by atoms with van der Waals surface area (Å²) in [4.78, 5) is 29.3. The van der Waals surface area contributed by atoms with E-state index in [-0.39, 0.29) is 18.0 Å². The lowest BCUT2D eigenvalue weighted by Gasteiger charge is -2.09. The highest BCUT2D eigenvalue weighted by molar-refractivity contribution is 5.91. The molecule has 0 saturated heterocycles. The lowest BCUT2D eigenvalue weighted by atomic mass is 10.1. The Morgan fingerprint density at radius 3 is 2.65 bits per heavy atom. The number of benzene rings is 2. The summed E-state index contributed by atoms with van der Waals surface area (Å²) < 4.78 is 1.17. The zero-order valence-corrected chi connectivity index (χ0v) is 16.7. The van der Waals surface area contributed by atoms with E-state index in [1.807, 2.05) is 48.5 Å². The summed E-state index contributed by atoms with van der Waals surface area (Å²) in [6.07, 6.45) is 2.28.